The highest BCUT2D eigenvalue weighted by atomic mass is 16.6. The zero-order chi connectivity index (χ0) is 14.5. The SMILES string of the molecule is C=CCN(CCO)c1ccc([N+](=O)[O-])c2ncccc12. The predicted octanol–water partition coefficient (Wildman–Crippen LogP) is 2.13. The van der Waals surface area contributed by atoms with Gasteiger partial charge in [-0.25, -0.2) is 4.98 Å². The van der Waals surface area contributed by atoms with E-state index in [1.54, 1.807) is 24.3 Å². The van der Waals surface area contributed by atoms with Crippen LogP contribution in [0.15, 0.2) is 43.1 Å². The largest absolute Gasteiger partial charge is 0.395 e. The Hall–Kier alpha value is -2.47. The Bertz CT molecular complexity index is 643. The predicted molar refractivity (Wildman–Crippen MR) is 77.9 cm³/mol. The van der Waals surface area contributed by atoms with Crippen LogP contribution in [-0.4, -0.2) is 34.7 Å². The van der Waals surface area contributed by atoms with Gasteiger partial charge in [0.1, 0.15) is 5.52 Å². The first-order valence-corrected chi connectivity index (χ1v) is 6.18. The first kappa shape index (κ1) is 14.0. The number of nitro benzene ring substituents is 1. The number of hydrogen-bond donors (Lipinski definition) is 1. The number of nitro groups is 1. The van der Waals surface area contributed by atoms with E-state index in [0.29, 0.717) is 24.0 Å². The number of hydrogen-bond acceptors (Lipinski definition) is 5. The van der Waals surface area contributed by atoms with Crippen LogP contribution in [0.1, 0.15) is 0 Å². The smallest absolute Gasteiger partial charge is 0.295 e. The van der Waals surface area contributed by atoms with Crippen molar-refractivity contribution in [3.63, 3.8) is 0 Å². The molecule has 0 fully saturated rings. The highest BCUT2D eigenvalue weighted by molar-refractivity contribution is 5.97. The molecule has 0 atom stereocenters. The van der Waals surface area contributed by atoms with Crippen LogP contribution in [0, 0.1) is 10.1 Å². The van der Waals surface area contributed by atoms with Crippen molar-refractivity contribution >= 4 is 22.3 Å². The molecule has 0 radical (unpaired) electrons. The Kier molecular flexibility index (Phi) is 4.27. The quantitative estimate of drug-likeness (QED) is 0.495. The Labute approximate surface area is 116 Å². The van der Waals surface area contributed by atoms with Gasteiger partial charge in [-0.3, -0.25) is 10.1 Å². The van der Waals surface area contributed by atoms with Crippen LogP contribution >= 0.6 is 0 Å². The van der Waals surface area contributed by atoms with E-state index in [2.05, 4.69) is 11.6 Å². The van der Waals surface area contributed by atoms with Gasteiger partial charge in [0.05, 0.1) is 11.5 Å². The number of nitrogens with zero attached hydrogens (tertiary/aromatic N) is 3. The van der Waals surface area contributed by atoms with Gasteiger partial charge >= 0.3 is 0 Å². The van der Waals surface area contributed by atoms with Gasteiger partial charge in [-0.2, -0.15) is 0 Å². The molecule has 6 heteroatoms. The molecule has 0 spiro atoms. The standard InChI is InChI=1S/C14H15N3O3/c1-2-8-16(9-10-18)12-5-6-13(17(19)20)14-11(12)4-3-7-15-14/h2-7,18H,1,8-10H2. The molecule has 0 aliphatic carbocycles. The number of non-ortho nitro benzene ring substituents is 1. The number of aliphatic hydroxyl groups excluding tert-OH is 1. The number of aliphatic hydroxyl groups is 1. The number of pyridine rings is 1. The second kappa shape index (κ2) is 6.12. The maximum atomic E-state index is 11.0. The van der Waals surface area contributed by atoms with E-state index in [1.165, 1.54) is 12.3 Å². The molecule has 0 bridgehead atoms. The zero-order valence-electron chi connectivity index (χ0n) is 10.9. The maximum Gasteiger partial charge on any atom is 0.295 e. The lowest BCUT2D eigenvalue weighted by atomic mass is 10.1. The Morgan fingerprint density at radius 3 is 2.90 bits per heavy atom. The van der Waals surface area contributed by atoms with E-state index in [4.69, 9.17) is 5.11 Å². The summed E-state index contributed by atoms with van der Waals surface area (Å²) in [5.41, 5.74) is 1.13. The average molecular weight is 273 g/mol. The summed E-state index contributed by atoms with van der Waals surface area (Å²) in [5, 5.41) is 20.9. The van der Waals surface area contributed by atoms with Crippen LogP contribution in [0.5, 0.6) is 0 Å². The molecule has 6 nitrogen and oxygen atoms in total. The van der Waals surface area contributed by atoms with E-state index in [0.717, 1.165) is 5.69 Å². The normalized spacial score (nSPS) is 10.4. The minimum Gasteiger partial charge on any atom is -0.395 e. The first-order chi connectivity index (χ1) is 9.69. The summed E-state index contributed by atoms with van der Waals surface area (Å²) in [6.07, 6.45) is 3.25. The average Bonchev–Trinajstić information content (AvgIpc) is 2.45. The van der Waals surface area contributed by atoms with Gasteiger partial charge in [0.2, 0.25) is 0 Å². The maximum absolute atomic E-state index is 11.0. The first-order valence-electron chi connectivity index (χ1n) is 6.18. The number of aromatic nitrogens is 1. The summed E-state index contributed by atoms with van der Waals surface area (Å²) >= 11 is 0. The third-order valence-corrected chi connectivity index (χ3v) is 2.98. The molecule has 1 N–H and O–H groups in total. The molecule has 1 aromatic carbocycles. The molecule has 2 aromatic rings. The van der Waals surface area contributed by atoms with Crippen LogP contribution < -0.4 is 4.90 Å². The third-order valence-electron chi connectivity index (χ3n) is 2.98. The second-order valence-electron chi connectivity index (χ2n) is 4.22. The van der Waals surface area contributed by atoms with Gasteiger partial charge in [-0.1, -0.05) is 6.08 Å². The molecule has 1 aromatic heterocycles. The minimum atomic E-state index is -0.441. The molecule has 0 saturated heterocycles. The van der Waals surface area contributed by atoms with Crippen LogP contribution in [-0.2, 0) is 0 Å². The number of fused-ring (bicyclic) bond motifs is 1. The van der Waals surface area contributed by atoms with Crippen molar-refractivity contribution in [2.24, 2.45) is 0 Å². The Morgan fingerprint density at radius 2 is 2.25 bits per heavy atom. The summed E-state index contributed by atoms with van der Waals surface area (Å²) in [7, 11) is 0. The van der Waals surface area contributed by atoms with Crippen LogP contribution in [0.3, 0.4) is 0 Å². The third kappa shape index (κ3) is 2.60. The van der Waals surface area contributed by atoms with Crippen molar-refractivity contribution in [1.29, 1.82) is 0 Å². The van der Waals surface area contributed by atoms with Crippen LogP contribution in [0.4, 0.5) is 11.4 Å². The van der Waals surface area contributed by atoms with Gasteiger partial charge in [-0.05, 0) is 18.2 Å². The Balaban J connectivity index is 2.62. The van der Waals surface area contributed by atoms with E-state index in [1.807, 2.05) is 4.90 Å². The molecule has 1 heterocycles. The summed E-state index contributed by atoms with van der Waals surface area (Å²) in [4.78, 5) is 16.6. The van der Waals surface area contributed by atoms with Crippen molar-refractivity contribution in [2.45, 2.75) is 0 Å². The highest BCUT2D eigenvalue weighted by Crippen LogP contribution is 2.31. The lowest BCUT2D eigenvalue weighted by Gasteiger charge is -2.23. The molecule has 0 unspecified atom stereocenters. The topological polar surface area (TPSA) is 79.5 Å². The molecule has 20 heavy (non-hydrogen) atoms. The molecule has 0 saturated carbocycles. The Morgan fingerprint density at radius 1 is 1.45 bits per heavy atom. The van der Waals surface area contributed by atoms with Crippen LogP contribution in [0.25, 0.3) is 10.9 Å². The van der Waals surface area contributed by atoms with Crippen molar-refractivity contribution < 1.29 is 10.0 Å². The second-order valence-corrected chi connectivity index (χ2v) is 4.22. The van der Waals surface area contributed by atoms with Gasteiger partial charge in [0, 0.05) is 36.4 Å². The van der Waals surface area contributed by atoms with Crippen molar-refractivity contribution in [2.75, 3.05) is 24.6 Å². The molecule has 0 amide bonds. The monoisotopic (exact) mass is 273 g/mol. The fraction of sp³-hybridized carbons (Fsp3) is 0.214. The van der Waals surface area contributed by atoms with E-state index < -0.39 is 4.92 Å². The number of benzene rings is 1. The van der Waals surface area contributed by atoms with Gasteiger partial charge in [-0.15, -0.1) is 6.58 Å². The lowest BCUT2D eigenvalue weighted by molar-refractivity contribution is -0.383. The van der Waals surface area contributed by atoms with Crippen LogP contribution in [0.2, 0.25) is 0 Å². The van der Waals surface area contributed by atoms with E-state index in [-0.39, 0.29) is 12.3 Å². The summed E-state index contributed by atoms with van der Waals surface area (Å²) in [6, 6.07) is 6.65. The van der Waals surface area contributed by atoms with Gasteiger partial charge < -0.3 is 10.0 Å². The van der Waals surface area contributed by atoms with Crippen molar-refractivity contribution in [3.8, 4) is 0 Å². The zero-order valence-corrected chi connectivity index (χ0v) is 10.9. The molecule has 0 aliphatic rings. The van der Waals surface area contributed by atoms with E-state index in [9.17, 15) is 10.1 Å². The van der Waals surface area contributed by atoms with Gasteiger partial charge in [0.15, 0.2) is 0 Å². The molecular formula is C14H15N3O3. The minimum absolute atomic E-state index is 0.00736. The highest BCUT2D eigenvalue weighted by Gasteiger charge is 2.17. The van der Waals surface area contributed by atoms with Gasteiger partial charge in [0.25, 0.3) is 5.69 Å². The van der Waals surface area contributed by atoms with Crippen molar-refractivity contribution in [3.05, 3.63) is 53.2 Å². The number of rotatable bonds is 6. The summed E-state index contributed by atoms with van der Waals surface area (Å²) in [6.45, 7) is 4.65. The lowest BCUT2D eigenvalue weighted by Crippen LogP contribution is -2.26. The van der Waals surface area contributed by atoms with Crippen molar-refractivity contribution in [1.82, 2.24) is 4.98 Å². The summed E-state index contributed by atoms with van der Waals surface area (Å²) in [5.74, 6) is 0. The molecular weight excluding hydrogens is 258 g/mol. The fourth-order valence-electron chi connectivity index (χ4n) is 2.15. The molecule has 2 rings (SSSR count). The summed E-state index contributed by atoms with van der Waals surface area (Å²) < 4.78 is 0. The van der Waals surface area contributed by atoms with E-state index >= 15 is 0 Å². The molecule has 104 valence electrons. The molecule has 0 aliphatic heterocycles. The number of anilines is 1. The fourth-order valence-corrected chi connectivity index (χ4v) is 2.15.